The summed E-state index contributed by atoms with van der Waals surface area (Å²) in [5.74, 6) is -0.107. The quantitative estimate of drug-likeness (QED) is 0.846. The van der Waals surface area contributed by atoms with Crippen LogP contribution < -0.4 is 10.3 Å². The molecule has 3 rings (SSSR count). The second-order valence-corrected chi connectivity index (χ2v) is 5.68. The normalized spacial score (nSPS) is 15.3. The summed E-state index contributed by atoms with van der Waals surface area (Å²) in [7, 11) is 0. The first-order valence-corrected chi connectivity index (χ1v) is 8.11. The van der Waals surface area contributed by atoms with Gasteiger partial charge in [0, 0.05) is 62.7 Å². The molecule has 0 bridgehead atoms. The summed E-state index contributed by atoms with van der Waals surface area (Å²) in [6.07, 6.45) is 6.38. The number of aromatic nitrogens is 3. The summed E-state index contributed by atoms with van der Waals surface area (Å²) < 4.78 is 7.29. The van der Waals surface area contributed by atoms with Gasteiger partial charge in [-0.05, 0) is 19.1 Å². The van der Waals surface area contributed by atoms with Crippen molar-refractivity contribution in [2.45, 2.75) is 32.4 Å². The second kappa shape index (κ2) is 7.25. The van der Waals surface area contributed by atoms with Gasteiger partial charge >= 0.3 is 6.01 Å². The fourth-order valence-corrected chi connectivity index (χ4v) is 2.76. The van der Waals surface area contributed by atoms with Gasteiger partial charge in [-0.25, -0.2) is 9.97 Å². The van der Waals surface area contributed by atoms with Crippen LogP contribution >= 0.6 is 0 Å². The summed E-state index contributed by atoms with van der Waals surface area (Å²) in [6, 6.07) is 5.21. The zero-order chi connectivity index (χ0) is 16.9. The van der Waals surface area contributed by atoms with Crippen molar-refractivity contribution >= 4 is 5.91 Å². The summed E-state index contributed by atoms with van der Waals surface area (Å²) >= 11 is 0. The van der Waals surface area contributed by atoms with Gasteiger partial charge in [-0.2, -0.15) is 0 Å². The number of carbonyl (C=O) groups excluding carboxylic acids is 1. The van der Waals surface area contributed by atoms with E-state index < -0.39 is 0 Å². The standard InChI is InChI=1S/C17H20N4O3/c1-2-20-9-4-13(12-15(20)22)16(23)21-10-5-14(6-11-21)24-17-18-7-3-8-19-17/h3-4,7-9,12,14H,2,5-6,10-11H2,1H3. The highest BCUT2D eigenvalue weighted by molar-refractivity contribution is 5.94. The number of carbonyl (C=O) groups is 1. The third-order valence-corrected chi connectivity index (χ3v) is 4.13. The number of aryl methyl sites for hydroxylation is 1. The number of piperidine rings is 1. The van der Waals surface area contributed by atoms with Gasteiger partial charge in [-0.15, -0.1) is 0 Å². The maximum absolute atomic E-state index is 12.5. The first kappa shape index (κ1) is 16.2. The Hall–Kier alpha value is -2.70. The molecule has 0 aromatic carbocycles. The summed E-state index contributed by atoms with van der Waals surface area (Å²) in [5, 5.41) is 0. The predicted molar refractivity (Wildman–Crippen MR) is 88.0 cm³/mol. The Bertz CT molecular complexity index is 752. The molecular weight excluding hydrogens is 308 g/mol. The molecule has 7 nitrogen and oxygen atoms in total. The maximum atomic E-state index is 12.5. The lowest BCUT2D eigenvalue weighted by Crippen LogP contribution is -2.42. The van der Waals surface area contributed by atoms with Gasteiger partial charge in [0.05, 0.1) is 0 Å². The van der Waals surface area contributed by atoms with Gasteiger partial charge in [0.25, 0.3) is 11.5 Å². The third kappa shape index (κ3) is 3.61. The fraction of sp³-hybridized carbons (Fsp3) is 0.412. The Labute approximate surface area is 139 Å². The molecule has 0 spiro atoms. The van der Waals surface area contributed by atoms with Crippen molar-refractivity contribution in [3.05, 3.63) is 52.7 Å². The van der Waals surface area contributed by atoms with Crippen LogP contribution in [0.2, 0.25) is 0 Å². The molecule has 1 amide bonds. The van der Waals surface area contributed by atoms with Gasteiger partial charge in [-0.3, -0.25) is 9.59 Å². The van der Waals surface area contributed by atoms with Crippen LogP contribution in [0.25, 0.3) is 0 Å². The van der Waals surface area contributed by atoms with Crippen LogP contribution in [0.4, 0.5) is 0 Å². The van der Waals surface area contributed by atoms with E-state index in [-0.39, 0.29) is 17.6 Å². The number of amides is 1. The minimum absolute atomic E-state index is 0.00421. The molecular formula is C17H20N4O3. The molecule has 0 atom stereocenters. The molecule has 0 saturated carbocycles. The highest BCUT2D eigenvalue weighted by atomic mass is 16.5. The minimum atomic E-state index is -0.150. The van der Waals surface area contributed by atoms with Crippen LogP contribution in [0.5, 0.6) is 6.01 Å². The van der Waals surface area contributed by atoms with E-state index in [4.69, 9.17) is 4.74 Å². The van der Waals surface area contributed by atoms with E-state index in [0.717, 1.165) is 12.8 Å². The van der Waals surface area contributed by atoms with E-state index in [2.05, 4.69) is 9.97 Å². The monoisotopic (exact) mass is 328 g/mol. The van der Waals surface area contributed by atoms with Crippen molar-refractivity contribution in [1.29, 1.82) is 0 Å². The van der Waals surface area contributed by atoms with Crippen LogP contribution in [0.15, 0.2) is 41.6 Å². The second-order valence-electron chi connectivity index (χ2n) is 5.68. The number of likely N-dealkylation sites (tertiary alicyclic amines) is 1. The van der Waals surface area contributed by atoms with Gasteiger partial charge in [0.2, 0.25) is 0 Å². The molecule has 0 radical (unpaired) electrons. The Morgan fingerprint density at radius 2 is 2.00 bits per heavy atom. The first-order chi connectivity index (χ1) is 11.7. The van der Waals surface area contributed by atoms with Crippen LogP contribution in [-0.2, 0) is 6.54 Å². The van der Waals surface area contributed by atoms with E-state index >= 15 is 0 Å². The number of hydrogen-bond acceptors (Lipinski definition) is 5. The summed E-state index contributed by atoms with van der Waals surface area (Å²) in [6.45, 7) is 3.67. The van der Waals surface area contributed by atoms with Gasteiger partial charge < -0.3 is 14.2 Å². The van der Waals surface area contributed by atoms with Crippen LogP contribution in [0, 0.1) is 0 Å². The molecule has 1 aliphatic heterocycles. The Morgan fingerprint density at radius 3 is 2.62 bits per heavy atom. The summed E-state index contributed by atoms with van der Waals surface area (Å²) in [5.41, 5.74) is 0.290. The van der Waals surface area contributed by atoms with Crippen LogP contribution in [-0.4, -0.2) is 44.5 Å². The number of pyridine rings is 1. The minimum Gasteiger partial charge on any atom is -0.460 e. The van der Waals surface area contributed by atoms with Crippen molar-refractivity contribution in [2.24, 2.45) is 0 Å². The molecule has 24 heavy (non-hydrogen) atoms. The van der Waals surface area contributed by atoms with Crippen molar-refractivity contribution in [1.82, 2.24) is 19.4 Å². The molecule has 2 aromatic rings. The zero-order valence-electron chi connectivity index (χ0n) is 13.6. The van der Waals surface area contributed by atoms with Crippen molar-refractivity contribution < 1.29 is 9.53 Å². The molecule has 2 aromatic heterocycles. The number of nitrogens with zero attached hydrogens (tertiary/aromatic N) is 4. The van der Waals surface area contributed by atoms with Crippen LogP contribution in [0.3, 0.4) is 0 Å². The molecule has 1 aliphatic rings. The number of ether oxygens (including phenoxy) is 1. The zero-order valence-corrected chi connectivity index (χ0v) is 13.6. The molecule has 7 heteroatoms. The lowest BCUT2D eigenvalue weighted by atomic mass is 10.1. The Morgan fingerprint density at radius 1 is 1.29 bits per heavy atom. The maximum Gasteiger partial charge on any atom is 0.316 e. The summed E-state index contributed by atoms with van der Waals surface area (Å²) in [4.78, 5) is 34.3. The number of rotatable bonds is 4. The van der Waals surface area contributed by atoms with Crippen molar-refractivity contribution in [2.75, 3.05) is 13.1 Å². The highest BCUT2D eigenvalue weighted by Gasteiger charge is 2.25. The van der Waals surface area contributed by atoms with Gasteiger partial charge in [0.15, 0.2) is 0 Å². The molecule has 0 aliphatic carbocycles. The molecule has 3 heterocycles. The fourth-order valence-electron chi connectivity index (χ4n) is 2.76. The smallest absolute Gasteiger partial charge is 0.316 e. The Kier molecular flexibility index (Phi) is 4.88. The topological polar surface area (TPSA) is 77.3 Å². The van der Waals surface area contributed by atoms with E-state index in [1.54, 1.807) is 40.2 Å². The van der Waals surface area contributed by atoms with E-state index in [0.29, 0.717) is 31.2 Å². The van der Waals surface area contributed by atoms with E-state index in [1.165, 1.54) is 6.07 Å². The Balaban J connectivity index is 1.59. The lowest BCUT2D eigenvalue weighted by Gasteiger charge is -2.31. The average molecular weight is 328 g/mol. The molecule has 0 unspecified atom stereocenters. The van der Waals surface area contributed by atoms with Crippen molar-refractivity contribution in [3.8, 4) is 6.01 Å². The third-order valence-electron chi connectivity index (χ3n) is 4.13. The van der Waals surface area contributed by atoms with Crippen LogP contribution in [0.1, 0.15) is 30.1 Å². The lowest BCUT2D eigenvalue weighted by molar-refractivity contribution is 0.0578. The molecule has 1 fully saturated rings. The van der Waals surface area contributed by atoms with E-state index in [9.17, 15) is 9.59 Å². The largest absolute Gasteiger partial charge is 0.460 e. The van der Waals surface area contributed by atoms with Crippen molar-refractivity contribution in [3.63, 3.8) is 0 Å². The average Bonchev–Trinajstić information content (AvgIpc) is 2.62. The molecule has 1 saturated heterocycles. The van der Waals surface area contributed by atoms with E-state index in [1.807, 2.05) is 6.92 Å². The van der Waals surface area contributed by atoms with Gasteiger partial charge in [-0.1, -0.05) is 0 Å². The SMILES string of the molecule is CCn1ccc(C(=O)N2CCC(Oc3ncccn3)CC2)cc1=O. The number of hydrogen-bond donors (Lipinski definition) is 0. The first-order valence-electron chi connectivity index (χ1n) is 8.11. The molecule has 0 N–H and O–H groups in total. The predicted octanol–water partition coefficient (Wildman–Crippen LogP) is 1.34. The molecule has 126 valence electrons. The van der Waals surface area contributed by atoms with Gasteiger partial charge in [0.1, 0.15) is 6.10 Å². The highest BCUT2D eigenvalue weighted by Crippen LogP contribution is 2.17.